The average Bonchev–Trinajstić information content (AvgIpc) is 2.96. The first-order valence-corrected chi connectivity index (χ1v) is 27.9. The standard InChI is InChI=1S/C76H54N2O2/c1-5-21-59-61-32-19-36-68(74(61)79-72(59)46(2)3)77(50-23-8-6-9-24-50)52-39-38-48-43-64-67(44-49(48)42-52)76(65-34-16-14-28-55(65)56-29-15-17-35-66(56)76)71-58-41-40-53(45-63(58)54-27-12-13-30-57(54)70(64)71)78(51-25-10-7-11-26-51)69-37-20-33-62-60-31-18-22-47(4)73(60)80-75(62)69/h5-18,20-31,33-45H,2,19,32H2,1,3-4H3/b21-5-. The molecule has 16 rings (SSSR count). The van der Waals surface area contributed by atoms with Crippen LogP contribution in [0, 0.1) is 6.92 Å². The normalized spacial score (nSPS) is 13.8. The molecular weight excluding hydrogens is 973 g/mol. The predicted octanol–water partition coefficient (Wildman–Crippen LogP) is 21.0. The van der Waals surface area contributed by atoms with Crippen LogP contribution in [-0.4, -0.2) is 0 Å². The maximum atomic E-state index is 6.91. The zero-order chi connectivity index (χ0) is 53.4. The Bertz CT molecular complexity index is 4790. The zero-order valence-corrected chi connectivity index (χ0v) is 44.8. The van der Waals surface area contributed by atoms with Gasteiger partial charge in [-0.05, 0) is 188 Å². The summed E-state index contributed by atoms with van der Waals surface area (Å²) in [6, 6.07) is 81.2. The van der Waals surface area contributed by atoms with Crippen LogP contribution < -0.4 is 9.80 Å². The highest BCUT2D eigenvalue weighted by molar-refractivity contribution is 6.22. The molecule has 0 bridgehead atoms. The fraction of sp³-hybridized carbons (Fsp3) is 0.0789. The van der Waals surface area contributed by atoms with Gasteiger partial charge in [0.05, 0.1) is 16.8 Å². The third-order valence-corrected chi connectivity index (χ3v) is 17.4. The van der Waals surface area contributed by atoms with Gasteiger partial charge in [-0.3, -0.25) is 0 Å². The Morgan fingerprint density at radius 3 is 1.89 bits per heavy atom. The Morgan fingerprint density at radius 1 is 0.512 bits per heavy atom. The van der Waals surface area contributed by atoms with Gasteiger partial charge in [-0.25, -0.2) is 0 Å². The van der Waals surface area contributed by atoms with Gasteiger partial charge in [-0.1, -0.05) is 176 Å². The number of hydrogen-bond donors (Lipinski definition) is 0. The van der Waals surface area contributed by atoms with Crippen LogP contribution in [0.15, 0.2) is 246 Å². The zero-order valence-electron chi connectivity index (χ0n) is 44.8. The van der Waals surface area contributed by atoms with Crippen molar-refractivity contribution in [3.05, 3.63) is 288 Å². The third kappa shape index (κ3) is 6.45. The Morgan fingerprint density at radius 2 is 1.15 bits per heavy atom. The van der Waals surface area contributed by atoms with E-state index >= 15 is 0 Å². The Labute approximate surface area is 465 Å². The first kappa shape index (κ1) is 46.2. The minimum Gasteiger partial charge on any atom is -0.454 e. The van der Waals surface area contributed by atoms with Crippen molar-refractivity contribution in [2.24, 2.45) is 0 Å². The molecule has 0 unspecified atom stereocenters. The number of para-hydroxylation sites is 4. The van der Waals surface area contributed by atoms with Crippen molar-refractivity contribution in [1.82, 2.24) is 0 Å². The molecule has 13 aromatic rings. The van der Waals surface area contributed by atoms with Gasteiger partial charge in [0.1, 0.15) is 11.3 Å². The smallest absolute Gasteiger partial charge is 0.159 e. The van der Waals surface area contributed by atoms with Crippen LogP contribution in [0.5, 0.6) is 0 Å². The minimum absolute atomic E-state index is 0.640. The monoisotopic (exact) mass is 1030 g/mol. The molecule has 0 saturated heterocycles. The van der Waals surface area contributed by atoms with Crippen molar-refractivity contribution in [3.8, 4) is 22.3 Å². The molecule has 11 aromatic carbocycles. The van der Waals surface area contributed by atoms with Crippen LogP contribution in [0.1, 0.15) is 70.7 Å². The van der Waals surface area contributed by atoms with E-state index in [1.165, 1.54) is 82.4 Å². The van der Waals surface area contributed by atoms with Crippen molar-refractivity contribution in [1.29, 1.82) is 0 Å². The summed E-state index contributed by atoms with van der Waals surface area (Å²) in [6.07, 6.45) is 8.44. The van der Waals surface area contributed by atoms with Crippen LogP contribution in [0.4, 0.5) is 28.4 Å². The molecule has 3 aliphatic rings. The Kier molecular flexibility index (Phi) is 10.1. The SMILES string of the molecule is C=C(C)c1oc2c(c1/C=C\C)CCC=C2N(c1ccccc1)c1ccc2cc3c(cc2c1)C1(c2ccccc2-c2ccccc21)c1c-3c2ccccc2c2cc(N(c3ccccc3)c3cccc4c3oc3c(C)cccc34)ccc12. The highest BCUT2D eigenvalue weighted by Crippen LogP contribution is 2.66. The summed E-state index contributed by atoms with van der Waals surface area (Å²) >= 11 is 0. The highest BCUT2D eigenvalue weighted by Gasteiger charge is 2.53. The van der Waals surface area contributed by atoms with Crippen molar-refractivity contribution in [3.63, 3.8) is 0 Å². The van der Waals surface area contributed by atoms with E-state index < -0.39 is 5.41 Å². The molecular formula is C76H54N2O2. The van der Waals surface area contributed by atoms with Gasteiger partial charge in [0.15, 0.2) is 11.3 Å². The van der Waals surface area contributed by atoms with E-state index in [9.17, 15) is 0 Å². The number of fused-ring (bicyclic) bond motifs is 20. The second kappa shape index (κ2) is 17.6. The third-order valence-electron chi connectivity index (χ3n) is 17.4. The van der Waals surface area contributed by atoms with E-state index in [2.05, 4.69) is 267 Å². The van der Waals surface area contributed by atoms with Crippen LogP contribution >= 0.6 is 0 Å². The van der Waals surface area contributed by atoms with Gasteiger partial charge in [0.2, 0.25) is 0 Å². The van der Waals surface area contributed by atoms with Gasteiger partial charge >= 0.3 is 0 Å². The van der Waals surface area contributed by atoms with Gasteiger partial charge in [-0.15, -0.1) is 0 Å². The van der Waals surface area contributed by atoms with Crippen LogP contribution in [0.25, 0.3) is 93.9 Å². The molecule has 0 N–H and O–H groups in total. The fourth-order valence-corrected chi connectivity index (χ4v) is 14.2. The molecule has 0 radical (unpaired) electrons. The maximum absolute atomic E-state index is 6.91. The lowest BCUT2D eigenvalue weighted by Gasteiger charge is -2.32. The lowest BCUT2D eigenvalue weighted by atomic mass is 9.69. The first-order chi connectivity index (χ1) is 39.4. The number of rotatable bonds is 8. The van der Waals surface area contributed by atoms with E-state index in [0.29, 0.717) is 0 Å². The van der Waals surface area contributed by atoms with E-state index in [4.69, 9.17) is 8.83 Å². The van der Waals surface area contributed by atoms with Crippen LogP contribution in [0.3, 0.4) is 0 Å². The number of nitrogens with zero attached hydrogens (tertiary/aromatic N) is 2. The van der Waals surface area contributed by atoms with Gasteiger partial charge in [0, 0.05) is 44.6 Å². The Hall–Kier alpha value is -9.90. The van der Waals surface area contributed by atoms with Crippen molar-refractivity contribution >= 4 is 100 Å². The lowest BCUT2D eigenvalue weighted by molar-refractivity contribution is 0.532. The number of furan rings is 2. The second-order valence-electron chi connectivity index (χ2n) is 21.9. The number of anilines is 5. The molecule has 0 amide bonds. The predicted molar refractivity (Wildman–Crippen MR) is 335 cm³/mol. The van der Waals surface area contributed by atoms with E-state index in [1.807, 2.05) is 6.92 Å². The molecule has 0 aliphatic heterocycles. The summed E-state index contributed by atoms with van der Waals surface area (Å²) in [5.41, 5.74) is 22.2. The van der Waals surface area contributed by atoms with Crippen molar-refractivity contribution in [2.45, 2.75) is 39.0 Å². The van der Waals surface area contributed by atoms with E-state index in [0.717, 1.165) is 97.1 Å². The topological polar surface area (TPSA) is 32.8 Å². The molecule has 380 valence electrons. The van der Waals surface area contributed by atoms with Gasteiger partial charge in [-0.2, -0.15) is 0 Å². The lowest BCUT2D eigenvalue weighted by Crippen LogP contribution is -2.26. The summed E-state index contributed by atoms with van der Waals surface area (Å²) in [7, 11) is 0. The molecule has 0 atom stereocenters. The second-order valence-corrected chi connectivity index (χ2v) is 21.9. The minimum atomic E-state index is -0.640. The molecule has 0 fully saturated rings. The van der Waals surface area contributed by atoms with Crippen LogP contribution in [-0.2, 0) is 11.8 Å². The van der Waals surface area contributed by atoms with Gasteiger partial charge < -0.3 is 18.6 Å². The average molecular weight is 1030 g/mol. The molecule has 1 spiro atoms. The van der Waals surface area contributed by atoms with E-state index in [-0.39, 0.29) is 0 Å². The number of aryl methyl sites for hydroxylation is 1. The summed E-state index contributed by atoms with van der Waals surface area (Å²) < 4.78 is 13.8. The van der Waals surface area contributed by atoms with E-state index in [1.54, 1.807) is 0 Å². The number of hydrogen-bond acceptors (Lipinski definition) is 4. The number of benzene rings is 11. The molecule has 4 heteroatoms. The molecule has 0 saturated carbocycles. The fourth-order valence-electron chi connectivity index (χ4n) is 14.2. The summed E-state index contributed by atoms with van der Waals surface area (Å²) in [5, 5.41) is 9.49. The summed E-state index contributed by atoms with van der Waals surface area (Å²) in [4.78, 5) is 4.78. The molecule has 3 aliphatic carbocycles. The molecule has 2 aromatic heterocycles. The molecule has 2 heterocycles. The largest absolute Gasteiger partial charge is 0.454 e. The summed E-state index contributed by atoms with van der Waals surface area (Å²) in [5.74, 6) is 1.76. The van der Waals surface area contributed by atoms with Gasteiger partial charge in [0.25, 0.3) is 0 Å². The first-order valence-electron chi connectivity index (χ1n) is 27.9. The highest BCUT2D eigenvalue weighted by atomic mass is 16.3. The quantitative estimate of drug-likeness (QED) is 0.142. The molecule has 80 heavy (non-hydrogen) atoms. The van der Waals surface area contributed by atoms with Crippen molar-refractivity contribution in [2.75, 3.05) is 9.80 Å². The molecule has 4 nitrogen and oxygen atoms in total. The summed E-state index contributed by atoms with van der Waals surface area (Å²) in [6.45, 7) is 10.6. The Balaban J connectivity index is 0.954. The van der Waals surface area contributed by atoms with Crippen molar-refractivity contribution < 1.29 is 8.83 Å². The van der Waals surface area contributed by atoms with Crippen LogP contribution in [0.2, 0.25) is 0 Å². The maximum Gasteiger partial charge on any atom is 0.159 e. The number of allylic oxidation sites excluding steroid dienone is 3.